The minimum atomic E-state index is -0.733. The molecule has 2 aromatic carbocycles. The number of benzene rings is 2. The molecule has 0 saturated heterocycles. The van der Waals surface area contributed by atoms with E-state index in [4.69, 9.17) is 14.5 Å². The second kappa shape index (κ2) is 10.8. The number of hydrogen-bond acceptors (Lipinski definition) is 6. The summed E-state index contributed by atoms with van der Waals surface area (Å²) in [4.78, 5) is 31.7. The molecule has 1 aliphatic carbocycles. The van der Waals surface area contributed by atoms with Crippen molar-refractivity contribution in [2.45, 2.75) is 51.9 Å². The monoisotopic (exact) mass is 539 g/mol. The van der Waals surface area contributed by atoms with E-state index in [9.17, 15) is 14.7 Å². The van der Waals surface area contributed by atoms with Gasteiger partial charge in [0, 0.05) is 29.3 Å². The summed E-state index contributed by atoms with van der Waals surface area (Å²) in [7, 11) is 0. The van der Waals surface area contributed by atoms with Crippen molar-refractivity contribution in [2.24, 2.45) is 10.9 Å². The first-order chi connectivity index (χ1) is 16.8. The molecule has 0 amide bonds. The van der Waals surface area contributed by atoms with Crippen LogP contribution in [0.4, 0.5) is 0 Å². The SMILES string of the molecule is CCCOC(=O)C1C(C)=NC2=C(C(=O)C[C@H](c3ccccc3)C2)[C@@H]1c1cc(Br)c(O)c(OCC)c1. The van der Waals surface area contributed by atoms with Crippen molar-refractivity contribution in [3.8, 4) is 11.5 Å². The number of phenolic OH excluding ortho intramolecular Hbond substituents is 1. The van der Waals surface area contributed by atoms with E-state index in [2.05, 4.69) is 15.9 Å². The molecular weight excluding hydrogens is 510 g/mol. The Bertz CT molecular complexity index is 1190. The average Bonchev–Trinajstić information content (AvgIpc) is 2.84. The third-order valence-corrected chi connectivity index (χ3v) is 7.18. The molecule has 1 heterocycles. The third-order valence-electron chi connectivity index (χ3n) is 6.57. The highest BCUT2D eigenvalue weighted by Crippen LogP contribution is 2.49. The third kappa shape index (κ3) is 5.06. The van der Waals surface area contributed by atoms with Crippen molar-refractivity contribution in [1.82, 2.24) is 0 Å². The Morgan fingerprint density at radius 3 is 2.57 bits per heavy atom. The highest BCUT2D eigenvalue weighted by atomic mass is 79.9. The second-order valence-corrected chi connectivity index (χ2v) is 9.81. The lowest BCUT2D eigenvalue weighted by Crippen LogP contribution is -2.38. The lowest BCUT2D eigenvalue weighted by atomic mass is 9.69. The average molecular weight is 540 g/mol. The van der Waals surface area contributed by atoms with Crippen molar-refractivity contribution in [1.29, 1.82) is 0 Å². The quantitative estimate of drug-likeness (QED) is 0.430. The molecule has 2 aliphatic rings. The molecule has 184 valence electrons. The fourth-order valence-electron chi connectivity index (χ4n) is 5.02. The number of allylic oxidation sites excluding steroid dienone is 2. The van der Waals surface area contributed by atoms with Crippen LogP contribution in [-0.4, -0.2) is 35.8 Å². The van der Waals surface area contributed by atoms with Crippen LogP contribution < -0.4 is 4.74 Å². The lowest BCUT2D eigenvalue weighted by molar-refractivity contribution is -0.146. The van der Waals surface area contributed by atoms with Crippen molar-refractivity contribution in [3.05, 3.63) is 69.3 Å². The summed E-state index contributed by atoms with van der Waals surface area (Å²) in [5.74, 6) is -1.41. The van der Waals surface area contributed by atoms with Crippen molar-refractivity contribution in [3.63, 3.8) is 0 Å². The minimum Gasteiger partial charge on any atom is -0.503 e. The Balaban J connectivity index is 1.84. The van der Waals surface area contributed by atoms with Gasteiger partial charge in [-0.3, -0.25) is 14.6 Å². The summed E-state index contributed by atoms with van der Waals surface area (Å²) in [5.41, 5.74) is 3.70. The van der Waals surface area contributed by atoms with E-state index in [0.29, 0.717) is 59.5 Å². The van der Waals surface area contributed by atoms with E-state index in [1.807, 2.05) is 51.1 Å². The standard InChI is InChI=1S/C28H30BrNO5/c1-4-11-35-28(33)24-16(3)30-21-13-18(17-9-7-6-8-10-17)14-22(31)26(21)25(24)19-12-20(29)27(32)23(15-19)34-5-2/h6-10,12,15,18,24-25,32H,4-5,11,13-14H2,1-3H3/t18-,24?,25-/m1/s1. The molecule has 0 radical (unpaired) electrons. The van der Waals surface area contributed by atoms with Crippen LogP contribution in [0.1, 0.15) is 63.0 Å². The zero-order valence-electron chi connectivity index (χ0n) is 20.2. The Hall–Kier alpha value is -2.93. The largest absolute Gasteiger partial charge is 0.503 e. The molecule has 0 fully saturated rings. The van der Waals surface area contributed by atoms with Gasteiger partial charge in [0.1, 0.15) is 5.92 Å². The minimum absolute atomic E-state index is 0.0169. The molecule has 3 atom stereocenters. The molecule has 2 aromatic rings. The number of carbonyl (C=O) groups excluding carboxylic acids is 2. The summed E-state index contributed by atoms with van der Waals surface area (Å²) in [6.45, 7) is 6.26. The molecule has 0 bridgehead atoms. The van der Waals surface area contributed by atoms with Gasteiger partial charge in [0.05, 0.1) is 17.7 Å². The number of ketones is 1. The molecule has 0 aromatic heterocycles. The van der Waals surface area contributed by atoms with Gasteiger partial charge in [0.25, 0.3) is 0 Å². The van der Waals surface area contributed by atoms with Gasteiger partial charge in [-0.2, -0.15) is 0 Å². The van der Waals surface area contributed by atoms with Crippen molar-refractivity contribution in [2.75, 3.05) is 13.2 Å². The van der Waals surface area contributed by atoms with Gasteiger partial charge in [0.15, 0.2) is 17.3 Å². The lowest BCUT2D eigenvalue weighted by Gasteiger charge is -2.36. The van der Waals surface area contributed by atoms with Crippen LogP contribution in [0.5, 0.6) is 11.5 Å². The molecule has 0 saturated carbocycles. The fourth-order valence-corrected chi connectivity index (χ4v) is 5.48. The fraction of sp³-hybridized carbons (Fsp3) is 0.393. The van der Waals surface area contributed by atoms with Gasteiger partial charge in [-0.1, -0.05) is 37.3 Å². The first-order valence-electron chi connectivity index (χ1n) is 12.0. The zero-order valence-corrected chi connectivity index (χ0v) is 21.8. The van der Waals surface area contributed by atoms with Crippen LogP contribution in [0.2, 0.25) is 0 Å². The summed E-state index contributed by atoms with van der Waals surface area (Å²) >= 11 is 3.41. The zero-order chi connectivity index (χ0) is 25.1. The Kier molecular flexibility index (Phi) is 7.75. The van der Waals surface area contributed by atoms with E-state index in [1.54, 1.807) is 12.1 Å². The van der Waals surface area contributed by atoms with Crippen LogP contribution in [-0.2, 0) is 14.3 Å². The Morgan fingerprint density at radius 1 is 1.14 bits per heavy atom. The number of esters is 1. The molecule has 35 heavy (non-hydrogen) atoms. The van der Waals surface area contributed by atoms with Gasteiger partial charge < -0.3 is 14.6 Å². The van der Waals surface area contributed by atoms with Crippen LogP contribution >= 0.6 is 15.9 Å². The van der Waals surface area contributed by atoms with Crippen LogP contribution in [0.15, 0.2) is 63.2 Å². The molecule has 1 unspecified atom stereocenters. The number of aromatic hydroxyl groups is 1. The van der Waals surface area contributed by atoms with Crippen LogP contribution in [0, 0.1) is 5.92 Å². The van der Waals surface area contributed by atoms with Gasteiger partial charge in [-0.05, 0) is 71.8 Å². The molecule has 4 rings (SSSR count). The summed E-state index contributed by atoms with van der Waals surface area (Å²) < 4.78 is 11.6. The van der Waals surface area contributed by atoms with Crippen LogP contribution in [0.25, 0.3) is 0 Å². The number of halogens is 1. The first kappa shape index (κ1) is 25.2. The molecule has 1 N–H and O–H groups in total. The van der Waals surface area contributed by atoms with Crippen molar-refractivity contribution >= 4 is 33.4 Å². The van der Waals surface area contributed by atoms with Gasteiger partial charge in [0.2, 0.25) is 0 Å². The summed E-state index contributed by atoms with van der Waals surface area (Å²) in [6, 6.07) is 13.5. The maximum Gasteiger partial charge on any atom is 0.315 e. The van der Waals surface area contributed by atoms with Crippen molar-refractivity contribution < 1.29 is 24.2 Å². The predicted octanol–water partition coefficient (Wildman–Crippen LogP) is 6.08. The number of ether oxygens (including phenoxy) is 2. The molecule has 1 aliphatic heterocycles. The number of carbonyl (C=O) groups is 2. The highest BCUT2D eigenvalue weighted by Gasteiger charge is 2.45. The number of Topliss-reactive ketones (excluding diaryl/α,β-unsaturated/α-hetero) is 1. The number of nitrogens with zero attached hydrogens (tertiary/aromatic N) is 1. The van der Waals surface area contributed by atoms with Gasteiger partial charge >= 0.3 is 5.97 Å². The van der Waals surface area contributed by atoms with E-state index in [1.165, 1.54) is 0 Å². The summed E-state index contributed by atoms with van der Waals surface area (Å²) in [6.07, 6.45) is 1.67. The maximum absolute atomic E-state index is 13.7. The van der Waals surface area contributed by atoms with E-state index < -0.39 is 17.8 Å². The van der Waals surface area contributed by atoms with E-state index in [-0.39, 0.29) is 17.5 Å². The van der Waals surface area contributed by atoms with Gasteiger partial charge in [-0.25, -0.2) is 0 Å². The van der Waals surface area contributed by atoms with Gasteiger partial charge in [-0.15, -0.1) is 0 Å². The smallest absolute Gasteiger partial charge is 0.315 e. The molecule has 0 spiro atoms. The molecular formula is C28H30BrNO5. The number of rotatable bonds is 7. The van der Waals surface area contributed by atoms with Crippen LogP contribution in [0.3, 0.4) is 0 Å². The number of aliphatic imine (C=N–C) groups is 1. The Labute approximate surface area is 214 Å². The highest BCUT2D eigenvalue weighted by molar-refractivity contribution is 9.10. The number of hydrogen-bond donors (Lipinski definition) is 1. The topological polar surface area (TPSA) is 85.2 Å². The normalized spacial score (nSPS) is 21.9. The van der Waals surface area contributed by atoms with E-state index in [0.717, 1.165) is 11.3 Å². The summed E-state index contributed by atoms with van der Waals surface area (Å²) in [5, 5.41) is 10.5. The second-order valence-electron chi connectivity index (χ2n) is 8.96. The molecule has 7 heteroatoms. The number of phenols is 1. The predicted molar refractivity (Wildman–Crippen MR) is 138 cm³/mol. The molecule has 6 nitrogen and oxygen atoms in total. The maximum atomic E-state index is 13.7. The first-order valence-corrected chi connectivity index (χ1v) is 12.8. The van der Waals surface area contributed by atoms with E-state index >= 15 is 0 Å². The Morgan fingerprint density at radius 2 is 1.89 bits per heavy atom.